The fraction of sp³-hybridized carbons (Fsp3) is 0.438. The van der Waals surface area contributed by atoms with Crippen molar-refractivity contribution in [2.45, 2.75) is 26.2 Å². The van der Waals surface area contributed by atoms with Crippen LogP contribution in [0, 0.1) is 0 Å². The standard InChI is InChI=1S/C16H25N3O.HI/c1-12(2)10-18-15(17)19-11-16(3,4)13-6-8-14(20-5)9-7-13;/h6-9H,1,10-11H2,2-5H3,(H3,17,18,19);1H. The predicted molar refractivity (Wildman–Crippen MR) is 101 cm³/mol. The Labute approximate surface area is 144 Å². The van der Waals surface area contributed by atoms with Gasteiger partial charge in [0.25, 0.3) is 0 Å². The zero-order valence-electron chi connectivity index (χ0n) is 13.3. The molecule has 1 aromatic rings. The van der Waals surface area contributed by atoms with Gasteiger partial charge in [0.2, 0.25) is 0 Å². The molecule has 0 fully saturated rings. The number of benzene rings is 1. The van der Waals surface area contributed by atoms with Crippen molar-refractivity contribution in [1.29, 1.82) is 0 Å². The van der Waals surface area contributed by atoms with Gasteiger partial charge in [-0.15, -0.1) is 24.0 Å². The second-order valence-electron chi connectivity index (χ2n) is 5.62. The van der Waals surface area contributed by atoms with Gasteiger partial charge >= 0.3 is 0 Å². The lowest BCUT2D eigenvalue weighted by Gasteiger charge is -2.23. The molecule has 0 heterocycles. The molecule has 0 aliphatic heterocycles. The number of hydrogen-bond acceptors (Lipinski definition) is 2. The molecule has 1 aromatic carbocycles. The number of nitrogens with zero attached hydrogens (tertiary/aromatic N) is 1. The first kappa shape index (κ1) is 19.8. The highest BCUT2D eigenvalue weighted by atomic mass is 127. The van der Waals surface area contributed by atoms with E-state index in [4.69, 9.17) is 10.5 Å². The van der Waals surface area contributed by atoms with E-state index < -0.39 is 0 Å². The van der Waals surface area contributed by atoms with E-state index in [1.165, 1.54) is 5.56 Å². The topological polar surface area (TPSA) is 59.6 Å². The summed E-state index contributed by atoms with van der Waals surface area (Å²) >= 11 is 0. The molecule has 0 saturated carbocycles. The fourth-order valence-corrected chi connectivity index (χ4v) is 1.71. The molecule has 0 amide bonds. The van der Waals surface area contributed by atoms with E-state index >= 15 is 0 Å². The first-order valence-electron chi connectivity index (χ1n) is 6.68. The van der Waals surface area contributed by atoms with Gasteiger partial charge in [0, 0.05) is 12.0 Å². The van der Waals surface area contributed by atoms with Crippen molar-refractivity contribution in [2.75, 3.05) is 20.2 Å². The van der Waals surface area contributed by atoms with Gasteiger partial charge < -0.3 is 15.8 Å². The number of methoxy groups -OCH3 is 1. The van der Waals surface area contributed by atoms with Crippen molar-refractivity contribution in [2.24, 2.45) is 10.7 Å². The predicted octanol–water partition coefficient (Wildman–Crippen LogP) is 3.07. The second-order valence-corrected chi connectivity index (χ2v) is 5.62. The van der Waals surface area contributed by atoms with E-state index in [0.717, 1.165) is 11.3 Å². The molecule has 0 atom stereocenters. The maximum atomic E-state index is 5.83. The Balaban J connectivity index is 0.00000400. The highest BCUT2D eigenvalue weighted by Gasteiger charge is 2.20. The van der Waals surface area contributed by atoms with Crippen LogP contribution in [0.2, 0.25) is 0 Å². The summed E-state index contributed by atoms with van der Waals surface area (Å²) in [7, 11) is 1.67. The second kappa shape index (κ2) is 8.92. The summed E-state index contributed by atoms with van der Waals surface area (Å²) in [6.45, 7) is 11.3. The van der Waals surface area contributed by atoms with E-state index in [1.807, 2.05) is 19.1 Å². The van der Waals surface area contributed by atoms with Crippen LogP contribution in [-0.2, 0) is 5.41 Å². The monoisotopic (exact) mass is 403 g/mol. The van der Waals surface area contributed by atoms with Crippen molar-refractivity contribution in [3.8, 4) is 5.75 Å². The molecule has 0 aliphatic rings. The summed E-state index contributed by atoms with van der Waals surface area (Å²) < 4.78 is 5.17. The maximum Gasteiger partial charge on any atom is 0.188 e. The van der Waals surface area contributed by atoms with Crippen molar-refractivity contribution in [1.82, 2.24) is 5.32 Å². The molecule has 118 valence electrons. The van der Waals surface area contributed by atoms with Crippen LogP contribution in [0.4, 0.5) is 0 Å². The van der Waals surface area contributed by atoms with Crippen LogP contribution in [0.15, 0.2) is 41.4 Å². The van der Waals surface area contributed by atoms with E-state index in [2.05, 4.69) is 42.9 Å². The minimum Gasteiger partial charge on any atom is -0.497 e. The van der Waals surface area contributed by atoms with Gasteiger partial charge in [-0.25, -0.2) is 0 Å². The van der Waals surface area contributed by atoms with Crippen LogP contribution in [0.5, 0.6) is 5.75 Å². The molecule has 0 bridgehead atoms. The van der Waals surface area contributed by atoms with Crippen LogP contribution < -0.4 is 15.8 Å². The Morgan fingerprint density at radius 2 is 1.90 bits per heavy atom. The number of guanidine groups is 1. The lowest BCUT2D eigenvalue weighted by atomic mass is 9.85. The molecule has 0 radical (unpaired) electrons. The van der Waals surface area contributed by atoms with Crippen molar-refractivity contribution in [3.63, 3.8) is 0 Å². The zero-order chi connectivity index (χ0) is 15.2. The van der Waals surface area contributed by atoms with Crippen molar-refractivity contribution in [3.05, 3.63) is 42.0 Å². The average Bonchev–Trinajstić information content (AvgIpc) is 2.43. The number of nitrogens with one attached hydrogen (secondary N) is 1. The van der Waals surface area contributed by atoms with Crippen molar-refractivity contribution < 1.29 is 4.74 Å². The minimum absolute atomic E-state index is 0. The normalized spacial score (nSPS) is 11.5. The molecule has 5 heteroatoms. The zero-order valence-corrected chi connectivity index (χ0v) is 15.6. The van der Waals surface area contributed by atoms with Crippen LogP contribution >= 0.6 is 24.0 Å². The van der Waals surface area contributed by atoms with Gasteiger partial charge in [0.1, 0.15) is 5.75 Å². The molecular weight excluding hydrogens is 377 g/mol. The largest absolute Gasteiger partial charge is 0.497 e. The van der Waals surface area contributed by atoms with Crippen LogP contribution in [0.3, 0.4) is 0 Å². The summed E-state index contributed by atoms with van der Waals surface area (Å²) in [5.41, 5.74) is 7.98. The Hall–Kier alpha value is -1.24. The summed E-state index contributed by atoms with van der Waals surface area (Å²) in [6.07, 6.45) is 0. The minimum atomic E-state index is -0.0816. The molecule has 0 saturated heterocycles. The summed E-state index contributed by atoms with van der Waals surface area (Å²) in [6, 6.07) is 8.05. The maximum absolute atomic E-state index is 5.83. The molecule has 1 rings (SSSR count). The molecule has 0 aromatic heterocycles. The number of hydrogen-bond donors (Lipinski definition) is 2. The first-order valence-corrected chi connectivity index (χ1v) is 6.68. The van der Waals surface area contributed by atoms with E-state index in [-0.39, 0.29) is 29.4 Å². The van der Waals surface area contributed by atoms with Crippen LogP contribution in [-0.4, -0.2) is 26.2 Å². The number of halogens is 1. The Morgan fingerprint density at radius 3 is 2.38 bits per heavy atom. The van der Waals surface area contributed by atoms with Crippen molar-refractivity contribution >= 4 is 29.9 Å². The Morgan fingerprint density at radius 1 is 1.33 bits per heavy atom. The third-order valence-corrected chi connectivity index (χ3v) is 3.09. The first-order chi connectivity index (χ1) is 9.35. The summed E-state index contributed by atoms with van der Waals surface area (Å²) in [5.74, 6) is 1.31. The number of ether oxygens (including phenoxy) is 1. The van der Waals surface area contributed by atoms with Gasteiger partial charge in [-0.1, -0.05) is 38.1 Å². The summed E-state index contributed by atoms with van der Waals surface area (Å²) in [5, 5.41) is 3.03. The van der Waals surface area contributed by atoms with E-state index in [0.29, 0.717) is 19.0 Å². The van der Waals surface area contributed by atoms with Gasteiger partial charge in [-0.05, 0) is 24.6 Å². The molecular formula is C16H26IN3O. The number of aliphatic imine (C=N–C) groups is 1. The van der Waals surface area contributed by atoms with Crippen LogP contribution in [0.1, 0.15) is 26.3 Å². The van der Waals surface area contributed by atoms with E-state index in [9.17, 15) is 0 Å². The molecule has 4 nitrogen and oxygen atoms in total. The third-order valence-electron chi connectivity index (χ3n) is 3.09. The molecule has 0 unspecified atom stereocenters. The highest BCUT2D eigenvalue weighted by Crippen LogP contribution is 2.25. The smallest absolute Gasteiger partial charge is 0.188 e. The van der Waals surface area contributed by atoms with Gasteiger partial charge in [-0.2, -0.15) is 0 Å². The van der Waals surface area contributed by atoms with E-state index in [1.54, 1.807) is 7.11 Å². The Bertz CT molecular complexity index is 481. The van der Waals surface area contributed by atoms with Gasteiger partial charge in [-0.3, -0.25) is 4.99 Å². The quantitative estimate of drug-likeness (QED) is 0.332. The molecule has 0 aliphatic carbocycles. The lowest BCUT2D eigenvalue weighted by Crippen LogP contribution is -2.34. The lowest BCUT2D eigenvalue weighted by molar-refractivity contribution is 0.414. The summed E-state index contributed by atoms with van der Waals surface area (Å²) in [4.78, 5) is 4.40. The Kier molecular flexibility index (Phi) is 8.39. The number of nitrogens with two attached hydrogens (primary N) is 1. The average molecular weight is 403 g/mol. The molecule has 3 N–H and O–H groups in total. The molecule has 21 heavy (non-hydrogen) atoms. The van der Waals surface area contributed by atoms with Gasteiger partial charge in [0.05, 0.1) is 13.7 Å². The van der Waals surface area contributed by atoms with Crippen LogP contribution in [0.25, 0.3) is 0 Å². The molecule has 0 spiro atoms. The highest BCUT2D eigenvalue weighted by molar-refractivity contribution is 14.0. The SMILES string of the molecule is C=C(C)CNC(N)=NCC(C)(C)c1ccc(OC)cc1.I. The van der Waals surface area contributed by atoms with Gasteiger partial charge in [0.15, 0.2) is 5.96 Å². The number of rotatable bonds is 6. The third kappa shape index (κ3) is 6.84. The fourth-order valence-electron chi connectivity index (χ4n) is 1.71.